The smallest absolute Gasteiger partial charge is 0.191 e. The van der Waals surface area contributed by atoms with E-state index in [0.717, 1.165) is 22.3 Å². The van der Waals surface area contributed by atoms with Crippen molar-refractivity contribution in [3.05, 3.63) is 252 Å². The summed E-state index contributed by atoms with van der Waals surface area (Å²) in [5.74, 6) is 0.152. The number of allylic oxidation sites excluding steroid dienone is 10. The van der Waals surface area contributed by atoms with Crippen LogP contribution < -0.4 is 42.5 Å². The summed E-state index contributed by atoms with van der Waals surface area (Å²) >= 11 is 0. The second-order valence-electron chi connectivity index (χ2n) is 22.8. The Hall–Kier alpha value is -5.82. The van der Waals surface area contributed by atoms with E-state index in [1.54, 1.807) is 0 Å². The first-order valence-corrected chi connectivity index (χ1v) is 28.6. The van der Waals surface area contributed by atoms with E-state index in [1.165, 1.54) is 31.8 Å². The topological polar surface area (TPSA) is 58.2 Å². The van der Waals surface area contributed by atoms with Crippen LogP contribution in [0.4, 0.5) is 0 Å². The van der Waals surface area contributed by atoms with Crippen molar-refractivity contribution in [2.24, 2.45) is 21.7 Å². The SMILES string of the molecule is CC(C)(C)C1=C/C(=C/NCCN/C=C2/C=C(C(C)(C)C)C=C(C(C)(C)C)C2=O)C(=O)C(C(C)(C)C)=C1.[Ru].c1ccc(P(c2ccccc2)c2ccccc2)cc1.c1ccc(P(c2ccccc2)c2ccccc2)cc1. The number of carbonyl (C=O) groups is 2. The molecule has 4 nitrogen and oxygen atoms in total. The normalized spacial score (nSPS) is 15.1. The van der Waals surface area contributed by atoms with Crippen LogP contribution in [0.2, 0.25) is 0 Å². The third kappa shape index (κ3) is 17.4. The molecule has 2 N–H and O–H groups in total. The van der Waals surface area contributed by atoms with E-state index in [1.807, 2.05) is 24.6 Å². The van der Waals surface area contributed by atoms with Crippen molar-refractivity contribution in [2.45, 2.75) is 83.1 Å². The molecule has 2 aliphatic rings. The Morgan fingerprint density at radius 2 is 0.547 bits per heavy atom. The van der Waals surface area contributed by atoms with Crippen molar-refractivity contribution in [1.82, 2.24) is 10.6 Å². The van der Waals surface area contributed by atoms with E-state index in [-0.39, 0.29) is 52.7 Å². The largest absolute Gasteiger partial charge is 0.389 e. The molecule has 75 heavy (non-hydrogen) atoms. The summed E-state index contributed by atoms with van der Waals surface area (Å²) in [5, 5.41) is 15.0. The molecule has 0 aromatic heterocycles. The van der Waals surface area contributed by atoms with Gasteiger partial charge in [-0.2, -0.15) is 0 Å². The maximum absolute atomic E-state index is 13.1. The van der Waals surface area contributed by atoms with Crippen LogP contribution in [0.3, 0.4) is 0 Å². The number of rotatable bonds is 11. The van der Waals surface area contributed by atoms with E-state index < -0.39 is 15.8 Å². The summed E-state index contributed by atoms with van der Waals surface area (Å²) in [4.78, 5) is 26.3. The molecule has 2 aliphatic carbocycles. The minimum atomic E-state index is -0.446. The zero-order valence-electron chi connectivity index (χ0n) is 46.3. The molecule has 0 aliphatic heterocycles. The van der Waals surface area contributed by atoms with Crippen LogP contribution >= 0.6 is 15.8 Å². The van der Waals surface area contributed by atoms with Crippen molar-refractivity contribution in [1.29, 1.82) is 0 Å². The van der Waals surface area contributed by atoms with E-state index in [4.69, 9.17) is 0 Å². The molecule has 0 bridgehead atoms. The third-order valence-corrected chi connectivity index (χ3v) is 17.5. The molecule has 390 valence electrons. The predicted molar refractivity (Wildman–Crippen MR) is 323 cm³/mol. The molecule has 0 heterocycles. The van der Waals surface area contributed by atoms with Crippen LogP contribution in [0.25, 0.3) is 0 Å². The van der Waals surface area contributed by atoms with Gasteiger partial charge >= 0.3 is 0 Å². The van der Waals surface area contributed by atoms with Crippen molar-refractivity contribution in [3.8, 4) is 0 Å². The van der Waals surface area contributed by atoms with Gasteiger partial charge < -0.3 is 10.6 Å². The van der Waals surface area contributed by atoms with Gasteiger partial charge in [-0.3, -0.25) is 9.59 Å². The van der Waals surface area contributed by atoms with Gasteiger partial charge in [-0.05, 0) is 92.6 Å². The minimum absolute atomic E-state index is 0. The van der Waals surface area contributed by atoms with Gasteiger partial charge in [0.05, 0.1) is 0 Å². The van der Waals surface area contributed by atoms with Gasteiger partial charge in [0, 0.05) is 67.3 Å². The fourth-order valence-electron chi connectivity index (χ4n) is 8.36. The van der Waals surface area contributed by atoms with Crippen molar-refractivity contribution >= 4 is 59.2 Å². The van der Waals surface area contributed by atoms with Gasteiger partial charge in [0.1, 0.15) is 0 Å². The van der Waals surface area contributed by atoms with E-state index in [0.29, 0.717) is 24.2 Å². The third-order valence-electron chi connectivity index (χ3n) is 12.6. The summed E-state index contributed by atoms with van der Waals surface area (Å²) < 4.78 is 0. The second kappa shape index (κ2) is 27.3. The molecule has 0 unspecified atom stereocenters. The van der Waals surface area contributed by atoms with Crippen LogP contribution in [0, 0.1) is 21.7 Å². The molecule has 0 amide bonds. The summed E-state index contributed by atoms with van der Waals surface area (Å²) in [6.45, 7) is 26.7. The van der Waals surface area contributed by atoms with Gasteiger partial charge in [-0.25, -0.2) is 0 Å². The molecule has 0 saturated carbocycles. The Labute approximate surface area is 466 Å². The summed E-state index contributed by atoms with van der Waals surface area (Å²) in [7, 11) is -0.892. The molecule has 6 aromatic carbocycles. The van der Waals surface area contributed by atoms with Gasteiger partial charge in [-0.15, -0.1) is 0 Å². The van der Waals surface area contributed by atoms with Gasteiger partial charge in [0.15, 0.2) is 11.6 Å². The van der Waals surface area contributed by atoms with Crippen molar-refractivity contribution in [3.63, 3.8) is 0 Å². The Kier molecular flexibility index (Phi) is 21.9. The molecule has 0 spiro atoms. The van der Waals surface area contributed by atoms with Crippen LogP contribution in [0.5, 0.6) is 0 Å². The average Bonchev–Trinajstić information content (AvgIpc) is 3.37. The number of hydrogen-bond acceptors (Lipinski definition) is 4. The zero-order valence-corrected chi connectivity index (χ0v) is 49.8. The molecular weight excluding hydrogens is 1040 g/mol. The number of hydrogen-bond donors (Lipinski definition) is 2. The molecule has 0 saturated heterocycles. The number of Topliss-reactive ketones (excluding diaryl/α,β-unsaturated/α-hetero) is 2. The second-order valence-corrected chi connectivity index (χ2v) is 27.2. The average molecular weight is 1120 g/mol. The summed E-state index contributed by atoms with van der Waals surface area (Å²) in [6.07, 6.45) is 11.8. The van der Waals surface area contributed by atoms with Crippen molar-refractivity contribution in [2.75, 3.05) is 13.1 Å². The van der Waals surface area contributed by atoms with Crippen LogP contribution in [0.15, 0.2) is 252 Å². The molecule has 6 aromatic rings. The first kappa shape index (κ1) is 60.1. The Morgan fingerprint density at radius 1 is 0.333 bits per heavy atom. The van der Waals surface area contributed by atoms with Crippen LogP contribution in [-0.2, 0) is 29.1 Å². The number of ketones is 2. The molecule has 0 atom stereocenters. The van der Waals surface area contributed by atoms with Crippen molar-refractivity contribution < 1.29 is 29.1 Å². The molecule has 0 fully saturated rings. The van der Waals surface area contributed by atoms with E-state index in [9.17, 15) is 9.59 Å². The zero-order chi connectivity index (χ0) is 53.5. The minimum Gasteiger partial charge on any atom is -0.389 e. The first-order valence-electron chi connectivity index (χ1n) is 25.9. The Bertz CT molecular complexity index is 2580. The number of carbonyl (C=O) groups excluding carboxylic acids is 2. The Morgan fingerprint density at radius 3 is 0.733 bits per heavy atom. The monoisotopic (exact) mass is 1120 g/mol. The van der Waals surface area contributed by atoms with E-state index >= 15 is 0 Å². The maximum atomic E-state index is 13.1. The number of benzene rings is 6. The standard InChI is InChI=1S/C32H48N2O2.2C18H15P.Ru/c1-29(2,3)23-15-21(27(35)25(17-23)31(7,8)9)19-33-13-14-34-20-22-16-24(30(4,5)6)18-26(28(22)36)32(10,11)12;2*1-4-10-16(11-5-1)19(17-12-6-2-7-13-17)18-14-8-3-9-15-18;/h15-20,33-34H,13-14H2,1-12H3;2*1-15H;/b21-19-,22-20-;;;. The fraction of sp³-hybridized carbons (Fsp3) is 0.265. The quantitative estimate of drug-likeness (QED) is 0.0587. The summed E-state index contributed by atoms with van der Waals surface area (Å²) in [6, 6.07) is 64.7. The van der Waals surface area contributed by atoms with Crippen LogP contribution in [-0.4, -0.2) is 24.7 Å². The van der Waals surface area contributed by atoms with Crippen LogP contribution in [0.1, 0.15) is 83.1 Å². The molecule has 0 radical (unpaired) electrons. The fourth-order valence-corrected chi connectivity index (χ4v) is 13.0. The van der Waals surface area contributed by atoms with Gasteiger partial charge in [-0.1, -0.05) is 277 Å². The molecular formula is C68H78N2O2P2Ru. The van der Waals surface area contributed by atoms with E-state index in [2.05, 4.69) is 288 Å². The van der Waals surface area contributed by atoms with Gasteiger partial charge in [0.25, 0.3) is 0 Å². The maximum Gasteiger partial charge on any atom is 0.191 e. The van der Waals surface area contributed by atoms with Gasteiger partial charge in [0.2, 0.25) is 0 Å². The molecule has 8 rings (SSSR count). The summed E-state index contributed by atoms with van der Waals surface area (Å²) in [5.41, 5.74) is 4.83. The number of nitrogens with one attached hydrogen (secondary N) is 2. The Balaban J connectivity index is 0.000000224. The predicted octanol–water partition coefficient (Wildman–Crippen LogP) is 13.9. The molecule has 7 heteroatoms. The first-order chi connectivity index (χ1) is 35.1.